The lowest BCUT2D eigenvalue weighted by molar-refractivity contribution is -0.121. The molecule has 0 atom stereocenters. The Labute approximate surface area is 91.8 Å². The molecule has 0 saturated carbocycles. The van der Waals surface area contributed by atoms with E-state index >= 15 is 0 Å². The zero-order chi connectivity index (χ0) is 11.7. The Bertz CT molecular complexity index is 203. The molecule has 0 aromatic heterocycles. The molecule has 0 rings (SSSR count). The van der Waals surface area contributed by atoms with Crippen LogP contribution in [0.3, 0.4) is 0 Å². The largest absolute Gasteiger partial charge is 0.356 e. The number of carbonyl (C=O) groups is 2. The zero-order valence-electron chi connectivity index (χ0n) is 9.93. The number of hydrogen-bond donors (Lipinski definition) is 2. The van der Waals surface area contributed by atoms with Crippen LogP contribution in [0, 0.1) is 5.92 Å². The first-order valence-electron chi connectivity index (χ1n) is 5.59. The molecule has 88 valence electrons. The topological polar surface area (TPSA) is 58.2 Å². The van der Waals surface area contributed by atoms with Crippen molar-refractivity contribution in [2.45, 2.75) is 40.0 Å². The van der Waals surface area contributed by atoms with Gasteiger partial charge in [-0.1, -0.05) is 20.8 Å². The molecule has 0 aliphatic heterocycles. The normalized spacial score (nSPS) is 10.1. The highest BCUT2D eigenvalue weighted by atomic mass is 16.2. The fourth-order valence-corrected chi connectivity index (χ4v) is 1.11. The second-order valence-electron chi connectivity index (χ2n) is 4.00. The molecule has 2 N–H and O–H groups in total. The number of nitrogens with one attached hydrogen (secondary N) is 2. The van der Waals surface area contributed by atoms with Crippen LogP contribution in [0.4, 0.5) is 0 Å². The van der Waals surface area contributed by atoms with Gasteiger partial charge in [-0.15, -0.1) is 0 Å². The molecule has 4 heteroatoms. The van der Waals surface area contributed by atoms with E-state index in [4.69, 9.17) is 0 Å². The van der Waals surface area contributed by atoms with Gasteiger partial charge in [-0.05, 0) is 12.3 Å². The minimum Gasteiger partial charge on any atom is -0.356 e. The minimum atomic E-state index is 0.0588. The molecule has 4 nitrogen and oxygen atoms in total. The quantitative estimate of drug-likeness (QED) is 0.623. The number of hydrogen-bond acceptors (Lipinski definition) is 2. The fraction of sp³-hybridized carbons (Fsp3) is 0.818. The van der Waals surface area contributed by atoms with Crippen molar-refractivity contribution >= 4 is 11.8 Å². The Balaban J connectivity index is 3.31. The van der Waals surface area contributed by atoms with Gasteiger partial charge in [0.1, 0.15) is 0 Å². The lowest BCUT2D eigenvalue weighted by Crippen LogP contribution is -2.29. The van der Waals surface area contributed by atoms with Gasteiger partial charge in [0.15, 0.2) is 0 Å². The van der Waals surface area contributed by atoms with Crippen LogP contribution in [0.2, 0.25) is 0 Å². The summed E-state index contributed by atoms with van der Waals surface area (Å²) in [6.07, 6.45) is 1.87. The molecule has 0 aromatic rings. The highest BCUT2D eigenvalue weighted by Crippen LogP contribution is 1.97. The Morgan fingerprint density at radius 1 is 1.07 bits per heavy atom. The van der Waals surface area contributed by atoms with Gasteiger partial charge in [-0.2, -0.15) is 0 Å². The third-order valence-corrected chi connectivity index (χ3v) is 1.91. The highest BCUT2D eigenvalue weighted by Gasteiger charge is 2.03. The van der Waals surface area contributed by atoms with Crippen LogP contribution in [0.25, 0.3) is 0 Å². The van der Waals surface area contributed by atoms with Crippen molar-refractivity contribution in [2.24, 2.45) is 5.92 Å². The van der Waals surface area contributed by atoms with E-state index in [0.29, 0.717) is 31.8 Å². The molecule has 2 amide bonds. The molecule has 0 bridgehead atoms. The van der Waals surface area contributed by atoms with E-state index in [1.807, 2.05) is 20.8 Å². The standard InChI is InChI=1S/C11H22N2O2/c1-4-10(14)12-6-5-7-13-11(15)8-9(2)3/h9H,4-8H2,1-3H3,(H,12,14)(H,13,15). The maximum Gasteiger partial charge on any atom is 0.220 e. The van der Waals surface area contributed by atoms with Crippen molar-refractivity contribution in [3.8, 4) is 0 Å². The third-order valence-electron chi connectivity index (χ3n) is 1.91. The van der Waals surface area contributed by atoms with Crippen LogP contribution >= 0.6 is 0 Å². The molecule has 0 unspecified atom stereocenters. The molecule has 0 spiro atoms. The van der Waals surface area contributed by atoms with Crippen molar-refractivity contribution in [3.63, 3.8) is 0 Å². The van der Waals surface area contributed by atoms with E-state index in [0.717, 1.165) is 6.42 Å². The van der Waals surface area contributed by atoms with Crippen LogP contribution in [0.5, 0.6) is 0 Å². The monoisotopic (exact) mass is 214 g/mol. The first-order valence-corrected chi connectivity index (χ1v) is 5.59. The molecule has 0 radical (unpaired) electrons. The average Bonchev–Trinajstić information content (AvgIpc) is 2.15. The maximum atomic E-state index is 11.2. The van der Waals surface area contributed by atoms with Crippen molar-refractivity contribution < 1.29 is 9.59 Å². The molecular weight excluding hydrogens is 192 g/mol. The summed E-state index contributed by atoms with van der Waals surface area (Å²) in [6.45, 7) is 7.12. The van der Waals surface area contributed by atoms with Gasteiger partial charge in [-0.25, -0.2) is 0 Å². The van der Waals surface area contributed by atoms with Crippen molar-refractivity contribution in [1.29, 1.82) is 0 Å². The van der Waals surface area contributed by atoms with Crippen LogP contribution in [0.15, 0.2) is 0 Å². The Hall–Kier alpha value is -1.06. The van der Waals surface area contributed by atoms with Gasteiger partial charge in [0, 0.05) is 25.9 Å². The lowest BCUT2D eigenvalue weighted by Gasteiger charge is -2.07. The minimum absolute atomic E-state index is 0.0588. The van der Waals surface area contributed by atoms with E-state index < -0.39 is 0 Å². The van der Waals surface area contributed by atoms with Crippen molar-refractivity contribution in [3.05, 3.63) is 0 Å². The molecular formula is C11H22N2O2. The summed E-state index contributed by atoms with van der Waals surface area (Å²) < 4.78 is 0. The zero-order valence-corrected chi connectivity index (χ0v) is 9.93. The van der Waals surface area contributed by atoms with E-state index in [1.54, 1.807) is 0 Å². The first kappa shape index (κ1) is 13.9. The van der Waals surface area contributed by atoms with Crippen molar-refractivity contribution in [1.82, 2.24) is 10.6 Å². The average molecular weight is 214 g/mol. The predicted octanol–water partition coefficient (Wildman–Crippen LogP) is 1.06. The summed E-state index contributed by atoms with van der Waals surface area (Å²) in [4.78, 5) is 22.1. The number of carbonyl (C=O) groups excluding carboxylic acids is 2. The summed E-state index contributed by atoms with van der Waals surface area (Å²) in [7, 11) is 0. The van der Waals surface area contributed by atoms with Gasteiger partial charge in [-0.3, -0.25) is 9.59 Å². The van der Waals surface area contributed by atoms with E-state index in [1.165, 1.54) is 0 Å². The smallest absolute Gasteiger partial charge is 0.220 e. The Kier molecular flexibility index (Phi) is 7.68. The van der Waals surface area contributed by atoms with Gasteiger partial charge < -0.3 is 10.6 Å². The highest BCUT2D eigenvalue weighted by molar-refractivity contribution is 5.76. The third kappa shape index (κ3) is 9.25. The lowest BCUT2D eigenvalue weighted by atomic mass is 10.1. The molecule has 0 aliphatic carbocycles. The van der Waals surface area contributed by atoms with Crippen LogP contribution < -0.4 is 10.6 Å². The molecule has 15 heavy (non-hydrogen) atoms. The molecule has 0 saturated heterocycles. The molecule has 0 fully saturated rings. The van der Waals surface area contributed by atoms with E-state index in [-0.39, 0.29) is 11.8 Å². The van der Waals surface area contributed by atoms with Gasteiger partial charge >= 0.3 is 0 Å². The van der Waals surface area contributed by atoms with Gasteiger partial charge in [0.05, 0.1) is 0 Å². The Morgan fingerprint density at radius 2 is 1.60 bits per heavy atom. The SMILES string of the molecule is CCC(=O)NCCCNC(=O)CC(C)C. The predicted molar refractivity (Wildman–Crippen MR) is 60.4 cm³/mol. The van der Waals surface area contributed by atoms with Gasteiger partial charge in [0.2, 0.25) is 11.8 Å². The van der Waals surface area contributed by atoms with Crippen LogP contribution in [-0.2, 0) is 9.59 Å². The summed E-state index contributed by atoms with van der Waals surface area (Å²) in [5.41, 5.74) is 0. The molecule has 0 aliphatic rings. The fourth-order valence-electron chi connectivity index (χ4n) is 1.11. The van der Waals surface area contributed by atoms with E-state index in [2.05, 4.69) is 10.6 Å². The van der Waals surface area contributed by atoms with Gasteiger partial charge in [0.25, 0.3) is 0 Å². The number of rotatable bonds is 7. The second kappa shape index (κ2) is 8.26. The van der Waals surface area contributed by atoms with Crippen LogP contribution in [0.1, 0.15) is 40.0 Å². The summed E-state index contributed by atoms with van der Waals surface area (Å²) >= 11 is 0. The summed E-state index contributed by atoms with van der Waals surface area (Å²) in [5, 5.41) is 5.57. The van der Waals surface area contributed by atoms with Crippen molar-refractivity contribution in [2.75, 3.05) is 13.1 Å². The number of amides is 2. The molecule has 0 aromatic carbocycles. The summed E-state index contributed by atoms with van der Waals surface area (Å²) in [5.74, 6) is 0.542. The first-order chi connectivity index (χ1) is 7.06. The Morgan fingerprint density at radius 3 is 2.07 bits per heavy atom. The summed E-state index contributed by atoms with van der Waals surface area (Å²) in [6, 6.07) is 0. The van der Waals surface area contributed by atoms with E-state index in [9.17, 15) is 9.59 Å². The second-order valence-corrected chi connectivity index (χ2v) is 4.00. The molecule has 0 heterocycles. The van der Waals surface area contributed by atoms with Crippen LogP contribution in [-0.4, -0.2) is 24.9 Å². The maximum absolute atomic E-state index is 11.2.